The first-order valence-corrected chi connectivity index (χ1v) is 3.57. The van der Waals surface area contributed by atoms with E-state index in [1.54, 1.807) is 0 Å². The molecule has 2 aliphatic rings. The SMILES string of the molecule is COC([O-])=C1C#CC#C1.[C]1=C=C=C=[C-]1.[Fe+2]. The largest absolute Gasteiger partial charge is 2.00 e. The third-order valence-electron chi connectivity index (χ3n) is 1.14. The maximum atomic E-state index is 10.5. The Morgan fingerprint density at radius 1 is 1.27 bits per heavy atom. The molecule has 0 heterocycles. The molecule has 15 heavy (non-hydrogen) atoms. The quantitative estimate of drug-likeness (QED) is 0.208. The number of methoxy groups -OCH3 is 1. The van der Waals surface area contributed by atoms with Crippen molar-refractivity contribution in [2.24, 2.45) is 0 Å². The molecule has 0 atom stereocenters. The second-order valence-corrected chi connectivity index (χ2v) is 1.99. The Bertz CT molecular complexity index is 475. The molecule has 0 aromatic rings. The molecule has 0 N–H and O–H groups in total. The van der Waals surface area contributed by atoms with Crippen LogP contribution in [0.15, 0.2) is 28.7 Å². The summed E-state index contributed by atoms with van der Waals surface area (Å²) in [5, 5.41) is 10.5. The van der Waals surface area contributed by atoms with Gasteiger partial charge in [-0.15, -0.1) is 12.2 Å². The topological polar surface area (TPSA) is 32.3 Å². The van der Waals surface area contributed by atoms with E-state index in [2.05, 4.69) is 57.8 Å². The van der Waals surface area contributed by atoms with E-state index >= 15 is 0 Å². The fraction of sp³-hybridized carbons (Fsp3) is 0.0833. The third-order valence-corrected chi connectivity index (χ3v) is 1.14. The number of hydrogen-bond acceptors (Lipinski definition) is 2. The van der Waals surface area contributed by atoms with Gasteiger partial charge in [-0.1, -0.05) is 0 Å². The summed E-state index contributed by atoms with van der Waals surface area (Å²) in [5.41, 5.74) is 7.75. The zero-order valence-electron chi connectivity index (χ0n) is 7.67. The van der Waals surface area contributed by atoms with Crippen LogP contribution in [0.3, 0.4) is 0 Å². The molecule has 2 aliphatic carbocycles. The molecule has 0 aromatic carbocycles. The molecule has 0 fully saturated rings. The van der Waals surface area contributed by atoms with Gasteiger partial charge in [0.15, 0.2) is 0 Å². The Balaban J connectivity index is 0.000000280. The minimum atomic E-state index is -0.451. The monoisotopic (exact) mass is 235 g/mol. The van der Waals surface area contributed by atoms with Crippen molar-refractivity contribution in [1.29, 1.82) is 0 Å². The molecule has 0 unspecified atom stereocenters. The Hall–Kier alpha value is -1.94. The molecular formula is C12H3FeO2. The van der Waals surface area contributed by atoms with E-state index in [4.69, 9.17) is 0 Å². The summed E-state index contributed by atoms with van der Waals surface area (Å²) in [6.45, 7) is 0. The van der Waals surface area contributed by atoms with E-state index in [0.717, 1.165) is 0 Å². The van der Waals surface area contributed by atoms with Crippen LogP contribution in [0.2, 0.25) is 0 Å². The minimum absolute atomic E-state index is 0. The van der Waals surface area contributed by atoms with Crippen molar-refractivity contribution >= 4 is 0 Å². The van der Waals surface area contributed by atoms with Gasteiger partial charge in [0.25, 0.3) is 0 Å². The minimum Gasteiger partial charge on any atom is -0.615 e. The molecule has 0 amide bonds. The van der Waals surface area contributed by atoms with E-state index in [9.17, 15) is 5.11 Å². The van der Waals surface area contributed by atoms with Gasteiger partial charge in [-0.3, -0.25) is 11.5 Å². The van der Waals surface area contributed by atoms with Crippen molar-refractivity contribution in [2.45, 2.75) is 0 Å². The van der Waals surface area contributed by atoms with Crippen molar-refractivity contribution < 1.29 is 26.9 Å². The normalized spacial score (nSPS) is 10.3. The summed E-state index contributed by atoms with van der Waals surface area (Å²) < 4.78 is 4.35. The average Bonchev–Trinajstić information content (AvgIpc) is 2.91. The maximum absolute atomic E-state index is 10.5. The Labute approximate surface area is 98.8 Å². The van der Waals surface area contributed by atoms with E-state index in [1.165, 1.54) is 7.11 Å². The van der Waals surface area contributed by atoms with Crippen LogP contribution in [0.5, 0.6) is 0 Å². The zero-order chi connectivity index (χ0) is 10.2. The second kappa shape index (κ2) is 7.46. The summed E-state index contributed by atoms with van der Waals surface area (Å²) >= 11 is 0. The van der Waals surface area contributed by atoms with Crippen molar-refractivity contribution in [3.63, 3.8) is 0 Å². The van der Waals surface area contributed by atoms with Crippen molar-refractivity contribution in [2.75, 3.05) is 7.11 Å². The standard InChI is InChI=1S/C7H4O2.C5.Fe/c1-9-7(8)6-4-2-3-5-6;1-2-4-5-3-1;/h8H,1H3;;/q;-1;+2/p-1. The van der Waals surface area contributed by atoms with Crippen LogP contribution in [-0.2, 0) is 21.8 Å². The molecule has 0 spiro atoms. The molecule has 3 heteroatoms. The number of ether oxygens (including phenoxy) is 1. The van der Waals surface area contributed by atoms with Gasteiger partial charge in [0, 0.05) is 0 Å². The predicted octanol–water partition coefficient (Wildman–Crippen LogP) is -0.150. The van der Waals surface area contributed by atoms with E-state index in [0.29, 0.717) is 0 Å². The van der Waals surface area contributed by atoms with Crippen LogP contribution < -0.4 is 5.11 Å². The van der Waals surface area contributed by atoms with Gasteiger partial charge >= 0.3 is 17.1 Å². The van der Waals surface area contributed by atoms with Gasteiger partial charge in [-0.05, 0) is 30.8 Å². The Morgan fingerprint density at radius 3 is 2.27 bits per heavy atom. The first-order chi connectivity index (χ1) is 6.84. The Morgan fingerprint density at radius 2 is 1.93 bits per heavy atom. The van der Waals surface area contributed by atoms with Gasteiger partial charge in [0.05, 0.1) is 11.5 Å². The number of hydrogen-bond donors (Lipinski definition) is 0. The van der Waals surface area contributed by atoms with Gasteiger partial charge in [-0.25, -0.2) is 5.73 Å². The molecule has 0 saturated heterocycles. The van der Waals surface area contributed by atoms with Crippen LogP contribution in [0.25, 0.3) is 0 Å². The van der Waals surface area contributed by atoms with Crippen LogP contribution in [0, 0.1) is 35.8 Å². The molecule has 0 aliphatic heterocycles. The van der Waals surface area contributed by atoms with Gasteiger partial charge in [0.2, 0.25) is 0 Å². The molecular weight excluding hydrogens is 232 g/mol. The van der Waals surface area contributed by atoms with Gasteiger partial charge in [-0.2, -0.15) is 0 Å². The molecule has 0 bridgehead atoms. The summed E-state index contributed by atoms with van der Waals surface area (Å²) in [4.78, 5) is 0. The second-order valence-electron chi connectivity index (χ2n) is 1.99. The van der Waals surface area contributed by atoms with Crippen molar-refractivity contribution in [1.82, 2.24) is 0 Å². The molecule has 71 valence electrons. The average molecular weight is 235 g/mol. The Kier molecular flexibility index (Phi) is 6.50. The summed E-state index contributed by atoms with van der Waals surface area (Å²) in [6, 6.07) is 0. The van der Waals surface area contributed by atoms with Crippen LogP contribution >= 0.6 is 0 Å². The fourth-order valence-corrected chi connectivity index (χ4v) is 0.579. The molecule has 2 rings (SSSR count). The third kappa shape index (κ3) is 4.73. The van der Waals surface area contributed by atoms with Crippen LogP contribution in [0.4, 0.5) is 0 Å². The number of rotatable bonds is 1. The zero-order valence-corrected chi connectivity index (χ0v) is 8.77. The molecule has 0 saturated carbocycles. The van der Waals surface area contributed by atoms with Crippen LogP contribution in [-0.4, -0.2) is 7.11 Å². The van der Waals surface area contributed by atoms with Gasteiger partial charge in [0.1, 0.15) is 0 Å². The smallest absolute Gasteiger partial charge is 0.615 e. The van der Waals surface area contributed by atoms with Crippen LogP contribution in [0.1, 0.15) is 0 Å². The molecule has 0 aromatic heterocycles. The summed E-state index contributed by atoms with van der Waals surface area (Å²) in [5.74, 6) is 9.38. The van der Waals surface area contributed by atoms with E-state index < -0.39 is 5.95 Å². The molecule has 2 nitrogen and oxygen atoms in total. The fourth-order valence-electron chi connectivity index (χ4n) is 0.579. The summed E-state index contributed by atoms with van der Waals surface area (Å²) in [6.07, 6.45) is 5.00. The van der Waals surface area contributed by atoms with Gasteiger partial charge < -0.3 is 9.84 Å². The maximum Gasteiger partial charge on any atom is 2.00 e. The number of allylic oxidation sites excluding steroid dienone is 3. The van der Waals surface area contributed by atoms with E-state index in [-0.39, 0.29) is 22.6 Å². The summed E-state index contributed by atoms with van der Waals surface area (Å²) in [7, 11) is 1.30. The first kappa shape index (κ1) is 13.1. The van der Waals surface area contributed by atoms with E-state index in [1.807, 2.05) is 0 Å². The predicted molar refractivity (Wildman–Crippen MR) is 46.6 cm³/mol. The molecule has 1 radical (unpaired) electrons. The van der Waals surface area contributed by atoms with Crippen molar-refractivity contribution in [3.05, 3.63) is 40.9 Å². The van der Waals surface area contributed by atoms with Crippen molar-refractivity contribution in [3.8, 4) is 23.7 Å². The first-order valence-electron chi connectivity index (χ1n) is 3.57.